The smallest absolute Gasteiger partial charge is 0.416 e. The molecular weight excluding hydrogens is 387 g/mol. The molecule has 1 amide bonds. The van der Waals surface area contributed by atoms with Gasteiger partial charge in [0.15, 0.2) is 0 Å². The third kappa shape index (κ3) is 6.87. The first-order valence-corrected chi connectivity index (χ1v) is 10.0. The minimum absolute atomic E-state index is 0.00882. The third-order valence-electron chi connectivity index (χ3n) is 5.29. The molecule has 2 aliphatic rings. The average Bonchev–Trinajstić information content (AvgIpc) is 2.73. The summed E-state index contributed by atoms with van der Waals surface area (Å²) in [5.74, 6) is 0.100. The molecular formula is C20H28F3N3O3. The topological polar surface area (TPSA) is 62.8 Å². The van der Waals surface area contributed by atoms with Crippen molar-refractivity contribution in [1.82, 2.24) is 15.5 Å². The van der Waals surface area contributed by atoms with Gasteiger partial charge in [0.2, 0.25) is 5.91 Å². The van der Waals surface area contributed by atoms with E-state index in [0.717, 1.165) is 45.0 Å². The van der Waals surface area contributed by atoms with Gasteiger partial charge in [-0.25, -0.2) is 0 Å². The van der Waals surface area contributed by atoms with Gasteiger partial charge in [0, 0.05) is 45.2 Å². The number of alkyl halides is 3. The molecule has 3 rings (SSSR count). The van der Waals surface area contributed by atoms with Gasteiger partial charge in [-0.3, -0.25) is 9.69 Å². The van der Waals surface area contributed by atoms with Crippen LogP contribution in [0, 0.1) is 11.8 Å². The van der Waals surface area contributed by atoms with Gasteiger partial charge in [-0.1, -0.05) is 6.07 Å². The zero-order chi connectivity index (χ0) is 20.7. The number of ether oxygens (including phenoxy) is 2. The first kappa shape index (κ1) is 21.9. The molecule has 6 nitrogen and oxygen atoms in total. The summed E-state index contributed by atoms with van der Waals surface area (Å²) < 4.78 is 49.3. The first-order valence-electron chi connectivity index (χ1n) is 10.0. The molecule has 2 heterocycles. The second kappa shape index (κ2) is 10.3. The number of amides is 1. The zero-order valence-corrected chi connectivity index (χ0v) is 16.3. The quantitative estimate of drug-likeness (QED) is 0.711. The Bertz CT molecular complexity index is 666. The summed E-state index contributed by atoms with van der Waals surface area (Å²) in [6, 6.07) is 4.88. The maximum Gasteiger partial charge on any atom is 0.416 e. The highest BCUT2D eigenvalue weighted by Crippen LogP contribution is 2.31. The van der Waals surface area contributed by atoms with Crippen molar-refractivity contribution in [3.63, 3.8) is 0 Å². The highest BCUT2D eigenvalue weighted by molar-refractivity contribution is 5.79. The van der Waals surface area contributed by atoms with E-state index in [4.69, 9.17) is 9.47 Å². The lowest BCUT2D eigenvalue weighted by Gasteiger charge is -2.30. The summed E-state index contributed by atoms with van der Waals surface area (Å²) in [5, 5.41) is 6.22. The van der Waals surface area contributed by atoms with Crippen LogP contribution in [0.25, 0.3) is 0 Å². The average molecular weight is 415 g/mol. The van der Waals surface area contributed by atoms with Crippen molar-refractivity contribution in [3.05, 3.63) is 29.8 Å². The van der Waals surface area contributed by atoms with Crippen LogP contribution in [0.4, 0.5) is 13.2 Å². The van der Waals surface area contributed by atoms with Gasteiger partial charge in [0.1, 0.15) is 5.75 Å². The number of nitrogens with zero attached hydrogens (tertiary/aromatic N) is 1. The maximum absolute atomic E-state index is 12.8. The maximum atomic E-state index is 12.8. The molecule has 162 valence electrons. The SMILES string of the molecule is O=C(NCCN1CCOCC1)[C@H]1CNC[C@@H](COc2cccc(C(F)(F)F)c2)C1. The number of carbonyl (C=O) groups excluding carboxylic acids is 1. The fourth-order valence-corrected chi connectivity index (χ4v) is 3.64. The normalized spacial score (nSPS) is 23.6. The van der Waals surface area contributed by atoms with Gasteiger partial charge in [0.25, 0.3) is 0 Å². The number of hydrogen-bond donors (Lipinski definition) is 2. The van der Waals surface area contributed by atoms with Crippen LogP contribution in [0.5, 0.6) is 5.75 Å². The van der Waals surface area contributed by atoms with Crippen molar-refractivity contribution in [2.45, 2.75) is 12.6 Å². The molecule has 0 radical (unpaired) electrons. The molecule has 0 spiro atoms. The Balaban J connectivity index is 1.41. The van der Waals surface area contributed by atoms with E-state index < -0.39 is 11.7 Å². The van der Waals surface area contributed by atoms with Gasteiger partial charge in [0.05, 0.1) is 31.3 Å². The Morgan fingerprint density at radius 1 is 1.28 bits per heavy atom. The van der Waals surface area contributed by atoms with Crippen molar-refractivity contribution >= 4 is 5.91 Å². The minimum atomic E-state index is -4.39. The molecule has 9 heteroatoms. The highest BCUT2D eigenvalue weighted by atomic mass is 19.4. The van der Waals surface area contributed by atoms with Crippen molar-refractivity contribution in [2.24, 2.45) is 11.8 Å². The van der Waals surface area contributed by atoms with Crippen molar-refractivity contribution in [3.8, 4) is 5.75 Å². The summed E-state index contributed by atoms with van der Waals surface area (Å²) in [6.45, 7) is 6.18. The third-order valence-corrected chi connectivity index (χ3v) is 5.29. The summed E-state index contributed by atoms with van der Waals surface area (Å²) in [4.78, 5) is 14.7. The van der Waals surface area contributed by atoms with Crippen LogP contribution >= 0.6 is 0 Å². The molecule has 2 atom stereocenters. The molecule has 1 aromatic carbocycles. The predicted molar refractivity (Wildman–Crippen MR) is 102 cm³/mol. The van der Waals surface area contributed by atoms with Crippen molar-refractivity contribution in [1.29, 1.82) is 0 Å². The Kier molecular flexibility index (Phi) is 7.74. The van der Waals surface area contributed by atoms with E-state index >= 15 is 0 Å². The van der Waals surface area contributed by atoms with E-state index in [1.165, 1.54) is 12.1 Å². The molecule has 0 aromatic heterocycles. The second-order valence-corrected chi connectivity index (χ2v) is 7.54. The standard InChI is InChI=1S/C20H28F3N3O3/c21-20(22,23)17-2-1-3-18(11-17)29-14-15-10-16(13-24-12-15)19(27)25-4-5-26-6-8-28-9-7-26/h1-3,11,15-16,24H,4-10,12-14H2,(H,25,27)/t15-,16+/m0/s1. The first-order chi connectivity index (χ1) is 13.9. The van der Waals surface area contributed by atoms with E-state index in [1.54, 1.807) is 0 Å². The fraction of sp³-hybridized carbons (Fsp3) is 0.650. The summed E-state index contributed by atoms with van der Waals surface area (Å²) in [5.41, 5.74) is -0.728. The van der Waals surface area contributed by atoms with E-state index in [-0.39, 0.29) is 30.1 Å². The molecule has 2 N–H and O–H groups in total. The molecule has 0 bridgehead atoms. The molecule has 29 heavy (non-hydrogen) atoms. The monoisotopic (exact) mass is 415 g/mol. The number of rotatable bonds is 7. The number of halogens is 3. The lowest BCUT2D eigenvalue weighted by Crippen LogP contribution is -2.47. The van der Waals surface area contributed by atoms with Crippen molar-refractivity contribution < 1.29 is 27.4 Å². The lowest BCUT2D eigenvalue weighted by atomic mass is 9.90. The Morgan fingerprint density at radius 2 is 2.07 bits per heavy atom. The number of morpholine rings is 1. The minimum Gasteiger partial charge on any atom is -0.493 e. The molecule has 0 unspecified atom stereocenters. The molecule has 1 aromatic rings. The number of hydrogen-bond acceptors (Lipinski definition) is 5. The Labute approximate surface area is 168 Å². The van der Waals surface area contributed by atoms with Gasteiger partial charge in [-0.15, -0.1) is 0 Å². The number of benzene rings is 1. The molecule has 2 fully saturated rings. The van der Waals surface area contributed by atoms with Gasteiger partial charge < -0.3 is 20.1 Å². The van der Waals surface area contributed by atoms with E-state index in [2.05, 4.69) is 15.5 Å². The predicted octanol–water partition coefficient (Wildman–Crippen LogP) is 1.76. The van der Waals surface area contributed by atoms with Crippen molar-refractivity contribution in [2.75, 3.05) is 59.1 Å². The van der Waals surface area contributed by atoms with Crippen LogP contribution in [0.15, 0.2) is 24.3 Å². The van der Waals surface area contributed by atoms with Crippen LogP contribution < -0.4 is 15.4 Å². The molecule has 2 aliphatic heterocycles. The van der Waals surface area contributed by atoms with Crippen LogP contribution in [0.2, 0.25) is 0 Å². The molecule has 0 saturated carbocycles. The van der Waals surface area contributed by atoms with Crippen LogP contribution in [0.3, 0.4) is 0 Å². The fourth-order valence-electron chi connectivity index (χ4n) is 3.64. The Morgan fingerprint density at radius 3 is 2.83 bits per heavy atom. The number of carbonyl (C=O) groups is 1. The molecule has 2 saturated heterocycles. The van der Waals surface area contributed by atoms with E-state index in [0.29, 0.717) is 26.1 Å². The lowest BCUT2D eigenvalue weighted by molar-refractivity contribution is -0.137. The number of piperidine rings is 1. The second-order valence-electron chi connectivity index (χ2n) is 7.54. The zero-order valence-electron chi connectivity index (χ0n) is 16.3. The van der Waals surface area contributed by atoms with Gasteiger partial charge in [-0.2, -0.15) is 13.2 Å². The Hall–Kier alpha value is -1.84. The van der Waals surface area contributed by atoms with Gasteiger partial charge >= 0.3 is 6.18 Å². The van der Waals surface area contributed by atoms with E-state index in [9.17, 15) is 18.0 Å². The van der Waals surface area contributed by atoms with Crippen LogP contribution in [-0.2, 0) is 15.7 Å². The number of nitrogens with one attached hydrogen (secondary N) is 2. The summed E-state index contributed by atoms with van der Waals surface area (Å²) in [7, 11) is 0. The molecule has 0 aliphatic carbocycles. The van der Waals surface area contributed by atoms with Crippen LogP contribution in [0.1, 0.15) is 12.0 Å². The summed E-state index contributed by atoms with van der Waals surface area (Å²) >= 11 is 0. The van der Waals surface area contributed by atoms with Gasteiger partial charge in [-0.05, 0) is 24.6 Å². The van der Waals surface area contributed by atoms with E-state index in [1.807, 2.05) is 0 Å². The van der Waals surface area contributed by atoms with Crippen LogP contribution in [-0.4, -0.2) is 69.9 Å². The highest BCUT2D eigenvalue weighted by Gasteiger charge is 2.31. The largest absolute Gasteiger partial charge is 0.493 e. The summed E-state index contributed by atoms with van der Waals surface area (Å²) in [6.07, 6.45) is -3.74.